The predicted octanol–water partition coefficient (Wildman–Crippen LogP) is 2.47. The number of carboxylic acid groups (broad SMARTS) is 1. The fraction of sp³-hybridized carbons (Fsp3) is 0.267. The van der Waals surface area contributed by atoms with E-state index in [-0.39, 0.29) is 11.6 Å². The molecule has 7 heteroatoms. The third-order valence-electron chi connectivity index (χ3n) is 3.11. The molecule has 1 amide bonds. The fourth-order valence-corrected chi connectivity index (χ4v) is 2.32. The largest absolute Gasteiger partial charge is 0.480 e. The number of halogens is 1. The number of nitrogens with one attached hydrogen (secondary N) is 1. The van der Waals surface area contributed by atoms with E-state index in [2.05, 4.69) is 26.3 Å². The summed E-state index contributed by atoms with van der Waals surface area (Å²) in [6, 6.07) is 8.08. The van der Waals surface area contributed by atoms with E-state index >= 15 is 0 Å². The normalized spacial score (nSPS) is 12.2. The van der Waals surface area contributed by atoms with E-state index in [9.17, 15) is 9.59 Å². The Morgan fingerprint density at radius 1 is 1.32 bits per heavy atom. The number of carbonyl (C=O) groups is 2. The molecule has 0 aliphatic heterocycles. The van der Waals surface area contributed by atoms with Gasteiger partial charge in [-0.1, -0.05) is 35.8 Å². The van der Waals surface area contributed by atoms with Crippen molar-refractivity contribution in [1.82, 2.24) is 15.1 Å². The number of benzene rings is 1. The Balaban J connectivity index is 2.17. The number of aliphatic carboxylic acids is 1. The van der Waals surface area contributed by atoms with Gasteiger partial charge in [-0.2, -0.15) is 5.10 Å². The van der Waals surface area contributed by atoms with Gasteiger partial charge in [-0.25, -0.2) is 9.48 Å². The number of rotatable bonds is 5. The first-order valence-electron chi connectivity index (χ1n) is 6.74. The molecule has 2 rings (SSSR count). The van der Waals surface area contributed by atoms with E-state index in [0.717, 1.165) is 10.2 Å². The number of carbonyl (C=O) groups excluding carboxylic acids is 1. The highest BCUT2D eigenvalue weighted by Gasteiger charge is 2.24. The standard InChI is InChI=1S/C15H16BrN3O3/c1-9(2)13(15(21)22)17-14(20)12-6-7-19(18-12)11-5-3-4-10(16)8-11/h3-9,13H,1-2H3,(H,17,20)(H,21,22)/t13-/m1/s1. The van der Waals surface area contributed by atoms with E-state index in [1.54, 1.807) is 30.8 Å². The Hall–Kier alpha value is -2.15. The number of hydrogen-bond acceptors (Lipinski definition) is 3. The van der Waals surface area contributed by atoms with Gasteiger partial charge in [-0.15, -0.1) is 0 Å². The zero-order valence-corrected chi connectivity index (χ0v) is 13.7. The maximum Gasteiger partial charge on any atom is 0.326 e. The molecule has 6 nitrogen and oxygen atoms in total. The number of nitrogens with zero attached hydrogens (tertiary/aromatic N) is 2. The molecule has 116 valence electrons. The molecule has 22 heavy (non-hydrogen) atoms. The van der Waals surface area contributed by atoms with Gasteiger partial charge in [-0.3, -0.25) is 4.79 Å². The number of carboxylic acids is 1. The van der Waals surface area contributed by atoms with Crippen molar-refractivity contribution in [1.29, 1.82) is 0 Å². The summed E-state index contributed by atoms with van der Waals surface area (Å²) in [5.74, 6) is -1.78. The zero-order chi connectivity index (χ0) is 16.3. The van der Waals surface area contributed by atoms with Crippen LogP contribution in [0.25, 0.3) is 5.69 Å². The molecule has 0 aliphatic carbocycles. The van der Waals surface area contributed by atoms with Crippen LogP contribution in [0, 0.1) is 5.92 Å². The fourth-order valence-electron chi connectivity index (χ4n) is 1.94. The molecular weight excluding hydrogens is 350 g/mol. The molecule has 1 aromatic heterocycles. The van der Waals surface area contributed by atoms with Crippen molar-refractivity contribution in [3.63, 3.8) is 0 Å². The van der Waals surface area contributed by atoms with E-state index < -0.39 is 17.9 Å². The number of aromatic nitrogens is 2. The molecule has 0 radical (unpaired) electrons. The second kappa shape index (κ2) is 6.74. The maximum atomic E-state index is 12.1. The van der Waals surface area contributed by atoms with Gasteiger partial charge < -0.3 is 10.4 Å². The van der Waals surface area contributed by atoms with Crippen LogP contribution in [0.2, 0.25) is 0 Å². The first kappa shape index (κ1) is 16.2. The highest BCUT2D eigenvalue weighted by molar-refractivity contribution is 9.10. The summed E-state index contributed by atoms with van der Waals surface area (Å²) < 4.78 is 2.46. The molecule has 2 N–H and O–H groups in total. The molecule has 0 saturated heterocycles. The Morgan fingerprint density at radius 3 is 2.64 bits per heavy atom. The molecule has 1 atom stereocenters. The highest BCUT2D eigenvalue weighted by Crippen LogP contribution is 2.15. The minimum absolute atomic E-state index is 0.173. The number of amides is 1. The van der Waals surface area contributed by atoms with E-state index in [1.165, 1.54) is 0 Å². The van der Waals surface area contributed by atoms with Crippen LogP contribution in [0.3, 0.4) is 0 Å². The van der Waals surface area contributed by atoms with Crippen molar-refractivity contribution in [3.8, 4) is 5.69 Å². The molecule has 0 unspecified atom stereocenters. The van der Waals surface area contributed by atoms with Crippen molar-refractivity contribution >= 4 is 27.8 Å². The van der Waals surface area contributed by atoms with Crippen molar-refractivity contribution in [2.45, 2.75) is 19.9 Å². The van der Waals surface area contributed by atoms with Gasteiger partial charge in [0, 0.05) is 10.7 Å². The number of hydrogen-bond donors (Lipinski definition) is 2. The molecular formula is C15H16BrN3O3. The smallest absolute Gasteiger partial charge is 0.326 e. The minimum atomic E-state index is -1.06. The van der Waals surface area contributed by atoms with Crippen molar-refractivity contribution < 1.29 is 14.7 Å². The van der Waals surface area contributed by atoms with Crippen LogP contribution >= 0.6 is 15.9 Å². The van der Waals surface area contributed by atoms with Gasteiger partial charge in [0.1, 0.15) is 6.04 Å². The Morgan fingerprint density at radius 2 is 2.05 bits per heavy atom. The predicted molar refractivity (Wildman–Crippen MR) is 85.0 cm³/mol. The van der Waals surface area contributed by atoms with Crippen LogP contribution in [0.5, 0.6) is 0 Å². The first-order chi connectivity index (χ1) is 10.4. The van der Waals surface area contributed by atoms with Gasteiger partial charge in [0.05, 0.1) is 5.69 Å². The van der Waals surface area contributed by atoms with Crippen molar-refractivity contribution in [2.24, 2.45) is 5.92 Å². The molecule has 0 fully saturated rings. The van der Waals surface area contributed by atoms with Crippen LogP contribution in [0.1, 0.15) is 24.3 Å². The Labute approximate surface area is 136 Å². The molecule has 2 aromatic rings. The molecule has 1 heterocycles. The van der Waals surface area contributed by atoms with Crippen LogP contribution < -0.4 is 5.32 Å². The second-order valence-electron chi connectivity index (χ2n) is 5.16. The summed E-state index contributed by atoms with van der Waals surface area (Å²) in [7, 11) is 0. The van der Waals surface area contributed by atoms with Gasteiger partial charge in [-0.05, 0) is 30.2 Å². The van der Waals surface area contributed by atoms with Crippen LogP contribution in [0.4, 0.5) is 0 Å². The van der Waals surface area contributed by atoms with Gasteiger partial charge >= 0.3 is 5.97 Å². The average molecular weight is 366 g/mol. The van der Waals surface area contributed by atoms with E-state index in [4.69, 9.17) is 5.11 Å². The van der Waals surface area contributed by atoms with Crippen LogP contribution in [-0.4, -0.2) is 32.8 Å². The maximum absolute atomic E-state index is 12.1. The lowest BCUT2D eigenvalue weighted by molar-refractivity contribution is -0.140. The van der Waals surface area contributed by atoms with Gasteiger partial charge in [0.25, 0.3) is 5.91 Å². The molecule has 0 spiro atoms. The van der Waals surface area contributed by atoms with Gasteiger partial charge in [0.2, 0.25) is 0 Å². The Kier molecular flexibility index (Phi) is 4.97. The van der Waals surface area contributed by atoms with Crippen molar-refractivity contribution in [3.05, 3.63) is 46.7 Å². The summed E-state index contributed by atoms with van der Waals surface area (Å²) >= 11 is 3.37. The highest BCUT2D eigenvalue weighted by atomic mass is 79.9. The van der Waals surface area contributed by atoms with Gasteiger partial charge in [0.15, 0.2) is 5.69 Å². The summed E-state index contributed by atoms with van der Waals surface area (Å²) in [6.45, 7) is 3.47. The topological polar surface area (TPSA) is 84.2 Å². The lowest BCUT2D eigenvalue weighted by Gasteiger charge is -2.16. The summed E-state index contributed by atoms with van der Waals surface area (Å²) in [5.41, 5.74) is 0.971. The molecule has 1 aromatic carbocycles. The van der Waals surface area contributed by atoms with Crippen LogP contribution in [-0.2, 0) is 4.79 Å². The molecule has 0 saturated carbocycles. The van der Waals surface area contributed by atoms with Crippen LogP contribution in [0.15, 0.2) is 41.0 Å². The third-order valence-corrected chi connectivity index (χ3v) is 3.61. The second-order valence-corrected chi connectivity index (χ2v) is 6.07. The molecule has 0 aliphatic rings. The molecule has 0 bridgehead atoms. The van der Waals surface area contributed by atoms with E-state index in [1.807, 2.05) is 24.3 Å². The summed E-state index contributed by atoms with van der Waals surface area (Å²) in [5, 5.41) is 15.8. The monoisotopic (exact) mass is 365 g/mol. The quantitative estimate of drug-likeness (QED) is 0.852. The SMILES string of the molecule is CC(C)[C@@H](NC(=O)c1ccn(-c2cccc(Br)c2)n1)C(=O)O. The average Bonchev–Trinajstić information content (AvgIpc) is 2.93. The third kappa shape index (κ3) is 3.73. The van der Waals surface area contributed by atoms with E-state index in [0.29, 0.717) is 0 Å². The lowest BCUT2D eigenvalue weighted by atomic mass is 10.0. The zero-order valence-electron chi connectivity index (χ0n) is 12.2. The van der Waals surface area contributed by atoms with Crippen molar-refractivity contribution in [2.75, 3.05) is 0 Å². The summed E-state index contributed by atoms with van der Waals surface area (Å²) in [4.78, 5) is 23.2. The lowest BCUT2D eigenvalue weighted by Crippen LogP contribution is -2.44. The summed E-state index contributed by atoms with van der Waals surface area (Å²) in [6.07, 6.45) is 1.65. The Bertz CT molecular complexity index is 697. The minimum Gasteiger partial charge on any atom is -0.480 e. The first-order valence-corrected chi connectivity index (χ1v) is 7.53.